The Hall–Kier alpha value is -4.01. The van der Waals surface area contributed by atoms with Crippen LogP contribution in [0.1, 0.15) is 152 Å². The van der Waals surface area contributed by atoms with Crippen LogP contribution in [-0.4, -0.2) is 43.6 Å². The first-order valence-corrected chi connectivity index (χ1v) is 24.5. The summed E-state index contributed by atoms with van der Waals surface area (Å²) < 4.78 is 39.5. The summed E-state index contributed by atoms with van der Waals surface area (Å²) in [5, 5.41) is 0. The van der Waals surface area contributed by atoms with Gasteiger partial charge in [0.2, 0.25) is 0 Å². The molecule has 1 saturated carbocycles. The molecule has 0 amide bonds. The average molecular weight is 863 g/mol. The molecule has 0 aromatic heterocycles. The predicted molar refractivity (Wildman–Crippen MR) is 254 cm³/mol. The number of hydrogen-bond donors (Lipinski definition) is 0. The molecule has 0 heterocycles. The second-order valence-corrected chi connectivity index (χ2v) is 17.6. The maximum atomic E-state index is 13.9. The summed E-state index contributed by atoms with van der Waals surface area (Å²) in [7, 11) is 1.66. The van der Waals surface area contributed by atoms with Crippen molar-refractivity contribution in [1.82, 2.24) is 0 Å². The first kappa shape index (κ1) is 50.0. The van der Waals surface area contributed by atoms with Crippen LogP contribution in [0.3, 0.4) is 0 Å². The predicted octanol–water partition coefficient (Wildman–Crippen LogP) is 13.9. The zero-order valence-electron chi connectivity index (χ0n) is 38.8. The molecule has 0 saturated heterocycles. The smallest absolute Gasteiger partial charge is 0.306 e. The Labute approximate surface area is 380 Å². The molecule has 4 aromatic carbocycles. The summed E-state index contributed by atoms with van der Waals surface area (Å²) in [6, 6.07) is 38.3. The van der Waals surface area contributed by atoms with Crippen LogP contribution in [0.5, 0.6) is 5.75 Å². The minimum absolute atomic E-state index is 0.220. The summed E-state index contributed by atoms with van der Waals surface area (Å²) in [6.45, 7) is 5.78. The highest BCUT2D eigenvalue weighted by molar-refractivity contribution is 5.69. The van der Waals surface area contributed by atoms with Crippen molar-refractivity contribution < 1.29 is 33.2 Å². The third-order valence-corrected chi connectivity index (χ3v) is 12.5. The van der Waals surface area contributed by atoms with Crippen molar-refractivity contribution in [1.29, 1.82) is 0 Å². The molecule has 63 heavy (non-hydrogen) atoms. The molecule has 0 spiro atoms. The zero-order chi connectivity index (χ0) is 44.2. The number of benzene rings is 4. The first-order valence-electron chi connectivity index (χ1n) is 24.5. The fraction of sp³-hybridized carbons (Fsp3) is 0.554. The highest BCUT2D eigenvalue weighted by Crippen LogP contribution is 2.38. The van der Waals surface area contributed by atoms with Gasteiger partial charge in [-0.1, -0.05) is 220 Å². The van der Waals surface area contributed by atoms with Gasteiger partial charge in [-0.2, -0.15) is 0 Å². The Morgan fingerprint density at radius 3 is 1.14 bits per heavy atom. The average Bonchev–Trinajstić information content (AvgIpc) is 3.32. The number of carbonyl (C=O) groups excluding carboxylic acids is 1. The van der Waals surface area contributed by atoms with Gasteiger partial charge in [0, 0.05) is 12.3 Å². The van der Waals surface area contributed by atoms with Crippen molar-refractivity contribution in [3.05, 3.63) is 138 Å². The monoisotopic (exact) mass is 863 g/mol. The van der Waals surface area contributed by atoms with Crippen LogP contribution in [0.15, 0.2) is 115 Å². The molecule has 0 N–H and O–H groups in total. The van der Waals surface area contributed by atoms with Crippen LogP contribution in [-0.2, 0) is 54.9 Å². The second kappa shape index (κ2) is 30.2. The standard InChI is InChI=1S/C56H78O7/c1-4-5-6-7-8-9-10-11-12-13-14-15-16-17-18-19-29-36-51(57)63-56-53(60-44-49-37-39-50(58-3)40-38-49)45(2)52(59-41-46-30-23-20-24-31-46)54(61-42-47-32-25-21-26-33-47)55(56)62-43-48-34-27-22-28-35-48/h20-28,30-35,37-40,45,52-56H,4-19,29,36,41-44H2,1-3H3/t45-,52-,53+,54+,55-,56+/m1/s1. The lowest BCUT2D eigenvalue weighted by atomic mass is 9.78. The summed E-state index contributed by atoms with van der Waals surface area (Å²) in [5.74, 6) is 0.329. The Morgan fingerprint density at radius 2 is 0.746 bits per heavy atom. The molecule has 1 aliphatic rings. The fourth-order valence-electron chi connectivity index (χ4n) is 8.77. The molecule has 0 radical (unpaired) electrons. The van der Waals surface area contributed by atoms with E-state index in [4.69, 9.17) is 28.4 Å². The van der Waals surface area contributed by atoms with E-state index in [-0.39, 0.29) is 11.9 Å². The maximum Gasteiger partial charge on any atom is 0.306 e. The van der Waals surface area contributed by atoms with Crippen LogP contribution < -0.4 is 4.74 Å². The van der Waals surface area contributed by atoms with E-state index in [1.165, 1.54) is 89.9 Å². The van der Waals surface area contributed by atoms with Crippen molar-refractivity contribution in [2.45, 2.75) is 186 Å². The van der Waals surface area contributed by atoms with Crippen molar-refractivity contribution in [3.8, 4) is 5.75 Å². The van der Waals surface area contributed by atoms with Crippen molar-refractivity contribution in [2.75, 3.05) is 7.11 Å². The Bertz CT molecular complexity index is 1730. The molecule has 7 nitrogen and oxygen atoms in total. The van der Waals surface area contributed by atoms with E-state index >= 15 is 0 Å². The van der Waals surface area contributed by atoms with Gasteiger partial charge in [0.25, 0.3) is 0 Å². The number of esters is 1. The van der Waals surface area contributed by atoms with E-state index in [0.717, 1.165) is 47.3 Å². The molecule has 1 fully saturated rings. The third kappa shape index (κ3) is 18.6. The molecule has 6 atom stereocenters. The lowest BCUT2D eigenvalue weighted by molar-refractivity contribution is -0.262. The third-order valence-electron chi connectivity index (χ3n) is 12.5. The van der Waals surface area contributed by atoms with Crippen LogP contribution in [0, 0.1) is 5.92 Å². The SMILES string of the molecule is CCCCCCCCCCCCCCCCCCCC(=O)O[C@@H]1[C@H](OCc2ccccc2)[C@@H](OCc2ccccc2)[C@H](OCc2ccccc2)[C@@H](C)[C@@H]1OCc1ccc(OC)cc1. The molecular formula is C56H78O7. The van der Waals surface area contributed by atoms with E-state index in [1.807, 2.05) is 91.0 Å². The summed E-state index contributed by atoms with van der Waals surface area (Å²) in [4.78, 5) is 13.9. The van der Waals surface area contributed by atoms with Gasteiger partial charge < -0.3 is 28.4 Å². The summed E-state index contributed by atoms with van der Waals surface area (Å²) in [6.07, 6.45) is 19.4. The lowest BCUT2D eigenvalue weighted by Gasteiger charge is -2.49. The molecular weight excluding hydrogens is 785 g/mol. The van der Waals surface area contributed by atoms with Crippen molar-refractivity contribution in [3.63, 3.8) is 0 Å². The highest BCUT2D eigenvalue weighted by atomic mass is 16.6. The Kier molecular flexibility index (Phi) is 24.0. The van der Waals surface area contributed by atoms with Gasteiger partial charge in [0.05, 0.1) is 39.6 Å². The summed E-state index contributed by atoms with van der Waals surface area (Å²) >= 11 is 0. The Morgan fingerprint density at radius 1 is 0.413 bits per heavy atom. The number of hydrogen-bond acceptors (Lipinski definition) is 7. The maximum absolute atomic E-state index is 13.9. The summed E-state index contributed by atoms with van der Waals surface area (Å²) in [5.41, 5.74) is 4.11. The minimum Gasteiger partial charge on any atom is -0.497 e. The van der Waals surface area contributed by atoms with E-state index in [9.17, 15) is 4.79 Å². The molecule has 0 unspecified atom stereocenters. The van der Waals surface area contributed by atoms with Gasteiger partial charge in [-0.05, 0) is 40.8 Å². The molecule has 4 aromatic rings. The molecule has 344 valence electrons. The van der Waals surface area contributed by atoms with Crippen LogP contribution in [0.4, 0.5) is 0 Å². The van der Waals surface area contributed by atoms with E-state index < -0.39 is 30.5 Å². The van der Waals surface area contributed by atoms with Crippen molar-refractivity contribution in [2.24, 2.45) is 5.92 Å². The van der Waals surface area contributed by atoms with Crippen LogP contribution in [0.2, 0.25) is 0 Å². The van der Waals surface area contributed by atoms with Gasteiger partial charge in [-0.15, -0.1) is 0 Å². The number of ether oxygens (including phenoxy) is 6. The molecule has 0 bridgehead atoms. The Balaban J connectivity index is 1.23. The highest BCUT2D eigenvalue weighted by Gasteiger charge is 2.53. The number of methoxy groups -OCH3 is 1. The van der Waals surface area contributed by atoms with E-state index in [1.54, 1.807) is 7.11 Å². The lowest BCUT2D eigenvalue weighted by Crippen LogP contribution is -2.64. The number of carbonyl (C=O) groups is 1. The zero-order valence-corrected chi connectivity index (χ0v) is 38.8. The molecule has 7 heteroatoms. The van der Waals surface area contributed by atoms with Crippen molar-refractivity contribution >= 4 is 5.97 Å². The van der Waals surface area contributed by atoms with Gasteiger partial charge in [0.15, 0.2) is 6.10 Å². The van der Waals surface area contributed by atoms with Gasteiger partial charge in [0.1, 0.15) is 24.1 Å². The van der Waals surface area contributed by atoms with Crippen LogP contribution in [0.25, 0.3) is 0 Å². The molecule has 5 rings (SSSR count). The molecule has 0 aliphatic heterocycles. The second-order valence-electron chi connectivity index (χ2n) is 17.6. The van der Waals surface area contributed by atoms with E-state index in [2.05, 4.69) is 38.1 Å². The van der Waals surface area contributed by atoms with Gasteiger partial charge >= 0.3 is 5.97 Å². The van der Waals surface area contributed by atoms with Gasteiger partial charge in [-0.3, -0.25) is 4.79 Å². The van der Waals surface area contributed by atoms with Crippen LogP contribution >= 0.6 is 0 Å². The normalized spacial score (nSPS) is 19.8. The number of rotatable bonds is 32. The minimum atomic E-state index is -0.738. The quantitative estimate of drug-likeness (QED) is 0.0358. The first-order chi connectivity index (χ1) is 31.1. The molecule has 1 aliphatic carbocycles. The number of unbranched alkanes of at least 4 members (excludes halogenated alkanes) is 16. The van der Waals surface area contributed by atoms with Gasteiger partial charge in [-0.25, -0.2) is 0 Å². The largest absolute Gasteiger partial charge is 0.497 e. The van der Waals surface area contributed by atoms with E-state index in [0.29, 0.717) is 32.8 Å². The fourth-order valence-corrected chi connectivity index (χ4v) is 8.77. The topological polar surface area (TPSA) is 72.5 Å².